The van der Waals surface area contributed by atoms with Crippen molar-refractivity contribution >= 4 is 52.8 Å². The molecule has 1 aliphatic heterocycles. The summed E-state index contributed by atoms with van der Waals surface area (Å²) < 4.78 is 4.27. The van der Waals surface area contributed by atoms with Gasteiger partial charge in [-0.15, -0.1) is 23.5 Å². The van der Waals surface area contributed by atoms with E-state index < -0.39 is 0 Å². The van der Waals surface area contributed by atoms with Gasteiger partial charge in [0.1, 0.15) is 5.78 Å². The van der Waals surface area contributed by atoms with E-state index in [1.807, 2.05) is 47.0 Å². The molecule has 0 saturated carbocycles. The molecule has 0 fully saturated rings. The Hall–Kier alpha value is -1.01. The second kappa shape index (κ2) is 9.21. The predicted octanol–water partition coefficient (Wildman–Crippen LogP) is 6.68. The summed E-state index contributed by atoms with van der Waals surface area (Å²) in [6.07, 6.45) is 7.26. The van der Waals surface area contributed by atoms with Gasteiger partial charge >= 0.3 is 0 Å². The molecule has 0 spiro atoms. The van der Waals surface area contributed by atoms with Crippen molar-refractivity contribution in [1.29, 1.82) is 0 Å². The Kier molecular flexibility index (Phi) is 6.66. The molecule has 1 nitrogen and oxygen atoms in total. The highest BCUT2D eigenvalue weighted by Crippen LogP contribution is 2.57. The fraction of sp³-hybridized carbons (Fsp3) is 0.261. The number of rotatable bonds is 2. The zero-order valence-corrected chi connectivity index (χ0v) is 19.3. The highest BCUT2D eigenvalue weighted by Gasteiger charge is 2.23. The number of hydrogen-bond acceptors (Lipinski definition) is 5. The Morgan fingerprint density at radius 3 is 1.36 bits per heavy atom. The van der Waals surface area contributed by atoms with Crippen LogP contribution < -0.4 is 0 Å². The summed E-state index contributed by atoms with van der Waals surface area (Å²) in [7, 11) is 0. The van der Waals surface area contributed by atoms with Crippen molar-refractivity contribution in [2.75, 3.05) is 12.5 Å². The van der Waals surface area contributed by atoms with Gasteiger partial charge in [0.25, 0.3) is 0 Å². The first-order chi connectivity index (χ1) is 13.6. The molecule has 0 amide bonds. The number of carbonyl (C=O) groups excluding carboxylic acids is 1. The average molecular weight is 443 g/mol. The first-order valence-corrected chi connectivity index (χ1v) is 13.3. The molecule has 7 rings (SSSR count). The van der Waals surface area contributed by atoms with E-state index in [1.165, 1.54) is 29.4 Å². The maximum Gasteiger partial charge on any atom is 0.141 e. The molecule has 5 aliphatic rings. The minimum atomic E-state index is 0.277. The highest BCUT2D eigenvalue weighted by molar-refractivity contribution is 8.40. The van der Waals surface area contributed by atoms with Crippen LogP contribution in [0.5, 0.6) is 0 Å². The molecular formula is C23H22OS4. The number of Topliss-reactive ketones (excluding diaryl/α,β-unsaturated/α-hetero) is 1. The first-order valence-electron chi connectivity index (χ1n) is 9.22. The Bertz CT molecular complexity index is 866. The SMILES string of the molecule is CSC1=C(SC)SC(=C2Cc3ccc(cc3)CC(=O)Cc3ccc(cc3)C2)S1. The molecule has 0 aromatic heterocycles. The zero-order valence-electron chi connectivity index (χ0n) is 16.0. The van der Waals surface area contributed by atoms with Crippen molar-refractivity contribution < 1.29 is 4.79 Å². The third-order valence-corrected chi connectivity index (χ3v) is 10.3. The van der Waals surface area contributed by atoms with Crippen molar-refractivity contribution in [3.05, 3.63) is 89.1 Å². The van der Waals surface area contributed by atoms with Gasteiger partial charge in [0, 0.05) is 12.8 Å². The van der Waals surface area contributed by atoms with Gasteiger partial charge < -0.3 is 0 Å². The Morgan fingerprint density at radius 2 is 1.00 bits per heavy atom. The molecule has 0 unspecified atom stereocenters. The number of hydrogen-bond donors (Lipinski definition) is 0. The van der Waals surface area contributed by atoms with Crippen LogP contribution in [0.4, 0.5) is 0 Å². The van der Waals surface area contributed by atoms with Crippen LogP contribution in [0, 0.1) is 0 Å². The van der Waals surface area contributed by atoms with Gasteiger partial charge in [0.2, 0.25) is 0 Å². The van der Waals surface area contributed by atoms with Crippen LogP contribution in [0.2, 0.25) is 0 Å². The van der Waals surface area contributed by atoms with Crippen molar-refractivity contribution in [2.45, 2.75) is 25.7 Å². The lowest BCUT2D eigenvalue weighted by atomic mass is 9.95. The van der Waals surface area contributed by atoms with E-state index in [-0.39, 0.29) is 5.78 Å². The van der Waals surface area contributed by atoms with Crippen molar-refractivity contribution in [3.8, 4) is 0 Å². The summed E-state index contributed by atoms with van der Waals surface area (Å²) in [5.74, 6) is 0.277. The van der Waals surface area contributed by atoms with E-state index in [9.17, 15) is 4.79 Å². The quantitative estimate of drug-likeness (QED) is 0.514. The highest BCUT2D eigenvalue weighted by atomic mass is 32.3. The van der Waals surface area contributed by atoms with E-state index in [0.29, 0.717) is 12.8 Å². The number of allylic oxidation sites excluding steroid dienone is 1. The molecule has 0 N–H and O–H groups in total. The summed E-state index contributed by atoms with van der Waals surface area (Å²) in [5, 5.41) is 0. The Morgan fingerprint density at radius 1 is 0.643 bits per heavy atom. The summed E-state index contributed by atoms with van der Waals surface area (Å²) in [4.78, 5) is 12.4. The number of benzene rings is 2. The normalized spacial score (nSPS) is 17.6. The van der Waals surface area contributed by atoms with Crippen LogP contribution in [0.25, 0.3) is 0 Å². The Balaban J connectivity index is 1.72. The predicted molar refractivity (Wildman–Crippen MR) is 129 cm³/mol. The second-order valence-electron chi connectivity index (χ2n) is 6.96. The number of ketones is 1. The van der Waals surface area contributed by atoms with Gasteiger partial charge in [0.15, 0.2) is 0 Å². The van der Waals surface area contributed by atoms with Gasteiger partial charge in [-0.1, -0.05) is 72.1 Å². The van der Waals surface area contributed by atoms with Crippen LogP contribution >= 0.6 is 47.0 Å². The molecular weight excluding hydrogens is 421 g/mol. The average Bonchev–Trinajstić information content (AvgIpc) is 3.13. The molecule has 0 atom stereocenters. The maximum absolute atomic E-state index is 12.4. The van der Waals surface area contributed by atoms with E-state index in [4.69, 9.17) is 0 Å². The molecule has 1 heterocycles. The molecule has 28 heavy (non-hydrogen) atoms. The van der Waals surface area contributed by atoms with E-state index in [2.05, 4.69) is 61.0 Å². The van der Waals surface area contributed by atoms with Gasteiger partial charge in [0.05, 0.1) is 12.7 Å². The Labute approximate surface area is 184 Å². The van der Waals surface area contributed by atoms with Crippen LogP contribution in [0.1, 0.15) is 22.3 Å². The number of carbonyl (C=O) groups is 1. The first kappa shape index (κ1) is 20.3. The molecule has 2 aromatic rings. The van der Waals surface area contributed by atoms with Crippen LogP contribution in [0.3, 0.4) is 0 Å². The van der Waals surface area contributed by atoms with Gasteiger partial charge in [-0.05, 0) is 53.2 Å². The third kappa shape index (κ3) is 4.76. The van der Waals surface area contributed by atoms with Crippen LogP contribution in [0.15, 0.2) is 66.8 Å². The maximum atomic E-state index is 12.4. The summed E-state index contributed by atoms with van der Waals surface area (Å²) >= 11 is 7.56. The van der Waals surface area contributed by atoms with E-state index >= 15 is 0 Å². The van der Waals surface area contributed by atoms with E-state index in [0.717, 1.165) is 24.0 Å². The van der Waals surface area contributed by atoms with Crippen LogP contribution in [-0.4, -0.2) is 18.3 Å². The molecule has 2 aromatic carbocycles. The van der Waals surface area contributed by atoms with E-state index in [1.54, 1.807) is 0 Å². The number of thioether (sulfide) groups is 4. The minimum absolute atomic E-state index is 0.277. The lowest BCUT2D eigenvalue weighted by molar-refractivity contribution is -0.117. The molecule has 0 radical (unpaired) electrons. The fourth-order valence-corrected chi connectivity index (χ4v) is 8.50. The lowest BCUT2D eigenvalue weighted by Gasteiger charge is -2.14. The smallest absolute Gasteiger partial charge is 0.141 e. The standard InChI is InChI=1S/C23H22OS4/c1-25-22-23(26-2)28-21(27-22)19-11-15-3-7-17(8-4-15)13-20(24)14-18-9-5-16(12-19)6-10-18/h3-10H,11-14H2,1-2H3. The summed E-state index contributed by atoms with van der Waals surface area (Å²) in [6, 6.07) is 17.3. The van der Waals surface area contributed by atoms with Crippen molar-refractivity contribution in [1.82, 2.24) is 0 Å². The summed E-state index contributed by atoms with van der Waals surface area (Å²) in [5.41, 5.74) is 6.34. The van der Waals surface area contributed by atoms with Gasteiger partial charge in [-0.3, -0.25) is 4.79 Å². The third-order valence-electron chi connectivity index (χ3n) is 4.88. The molecule has 4 bridgehead atoms. The molecule has 0 saturated heterocycles. The summed E-state index contributed by atoms with van der Waals surface area (Å²) in [6.45, 7) is 0. The zero-order chi connectivity index (χ0) is 19.5. The molecule has 144 valence electrons. The molecule has 4 aliphatic carbocycles. The minimum Gasteiger partial charge on any atom is -0.299 e. The largest absolute Gasteiger partial charge is 0.299 e. The van der Waals surface area contributed by atoms with Crippen molar-refractivity contribution in [2.24, 2.45) is 0 Å². The molecule has 5 heteroatoms. The van der Waals surface area contributed by atoms with Crippen molar-refractivity contribution in [3.63, 3.8) is 0 Å². The van der Waals surface area contributed by atoms with Gasteiger partial charge in [-0.25, -0.2) is 0 Å². The van der Waals surface area contributed by atoms with Gasteiger partial charge in [-0.2, -0.15) is 0 Å². The second-order valence-corrected chi connectivity index (χ2v) is 11.4. The fourth-order valence-electron chi connectivity index (χ4n) is 3.43. The van der Waals surface area contributed by atoms with Crippen LogP contribution in [-0.2, 0) is 30.5 Å². The topological polar surface area (TPSA) is 17.1 Å². The monoisotopic (exact) mass is 442 g/mol. The lowest BCUT2D eigenvalue weighted by Crippen LogP contribution is -2.07.